The van der Waals surface area contributed by atoms with Crippen LogP contribution in [0, 0.1) is 10.1 Å². The maximum Gasteiger partial charge on any atom is 0.288 e. The number of hydrogen-bond acceptors (Lipinski definition) is 5. The van der Waals surface area contributed by atoms with E-state index < -0.39 is 14.8 Å². The van der Waals surface area contributed by atoms with E-state index in [1.807, 2.05) is 0 Å². The Bertz CT molecular complexity index is 632. The van der Waals surface area contributed by atoms with Gasteiger partial charge in [-0.3, -0.25) is 10.1 Å². The molecular formula is C13H18N2O4S. The molecule has 1 aromatic rings. The molecule has 0 saturated carbocycles. The third kappa shape index (κ3) is 2.63. The Kier molecular flexibility index (Phi) is 3.73. The summed E-state index contributed by atoms with van der Waals surface area (Å²) in [5, 5.41) is 11.0. The predicted molar refractivity (Wildman–Crippen MR) is 76.8 cm³/mol. The van der Waals surface area contributed by atoms with Crippen LogP contribution in [0.1, 0.15) is 26.7 Å². The van der Waals surface area contributed by atoms with Gasteiger partial charge in [-0.2, -0.15) is 0 Å². The van der Waals surface area contributed by atoms with Gasteiger partial charge in [0, 0.05) is 30.1 Å². The largest absolute Gasteiger partial charge is 0.366 e. The van der Waals surface area contributed by atoms with Crippen molar-refractivity contribution in [1.29, 1.82) is 0 Å². The van der Waals surface area contributed by atoms with Gasteiger partial charge < -0.3 is 4.90 Å². The van der Waals surface area contributed by atoms with Gasteiger partial charge in [0.1, 0.15) is 4.90 Å². The van der Waals surface area contributed by atoms with Crippen LogP contribution in [0.4, 0.5) is 11.4 Å². The first-order chi connectivity index (χ1) is 9.21. The summed E-state index contributed by atoms with van der Waals surface area (Å²) in [7, 11) is -3.63. The molecular weight excluding hydrogens is 280 g/mol. The van der Waals surface area contributed by atoms with Gasteiger partial charge in [0.25, 0.3) is 5.69 Å². The minimum Gasteiger partial charge on any atom is -0.366 e. The van der Waals surface area contributed by atoms with E-state index in [9.17, 15) is 18.5 Å². The van der Waals surface area contributed by atoms with Crippen LogP contribution in [-0.4, -0.2) is 31.7 Å². The minimum absolute atomic E-state index is 0.216. The fraction of sp³-hybridized carbons (Fsp3) is 0.538. The Balaban J connectivity index is 2.56. The van der Waals surface area contributed by atoms with Gasteiger partial charge in [0.05, 0.1) is 4.92 Å². The van der Waals surface area contributed by atoms with E-state index in [0.717, 1.165) is 24.8 Å². The van der Waals surface area contributed by atoms with Crippen LogP contribution in [0.5, 0.6) is 0 Å². The van der Waals surface area contributed by atoms with E-state index in [4.69, 9.17) is 0 Å². The van der Waals surface area contributed by atoms with E-state index in [-0.39, 0.29) is 10.6 Å². The molecule has 1 aliphatic heterocycles. The highest BCUT2D eigenvalue weighted by Gasteiger charge is 2.30. The average Bonchev–Trinajstić information content (AvgIpc) is 2.67. The van der Waals surface area contributed by atoms with E-state index in [0.29, 0.717) is 12.1 Å². The molecule has 2 rings (SSSR count). The number of nitro benzene ring substituents is 1. The summed E-state index contributed by atoms with van der Waals surface area (Å²) in [6.07, 6.45) is 3.06. The number of rotatable bonds is 3. The highest BCUT2D eigenvalue weighted by molar-refractivity contribution is 7.90. The van der Waals surface area contributed by atoms with E-state index in [1.54, 1.807) is 6.07 Å². The number of benzene rings is 1. The van der Waals surface area contributed by atoms with Crippen LogP contribution in [0.15, 0.2) is 23.1 Å². The molecule has 6 nitrogen and oxygen atoms in total. The SMILES string of the molecule is CC1CCC(C)N1c1ccc([N+](=O)[O-])c(S(C)(=O)=O)c1. The molecule has 1 aliphatic rings. The quantitative estimate of drug-likeness (QED) is 0.632. The Hall–Kier alpha value is -1.63. The van der Waals surface area contributed by atoms with Gasteiger partial charge in [-0.15, -0.1) is 0 Å². The molecule has 1 fully saturated rings. The van der Waals surface area contributed by atoms with Crippen LogP contribution in [0.2, 0.25) is 0 Å². The Labute approximate surface area is 118 Å². The molecule has 0 aromatic heterocycles. The molecule has 0 radical (unpaired) electrons. The summed E-state index contributed by atoms with van der Waals surface area (Å²) in [6.45, 7) is 4.15. The van der Waals surface area contributed by atoms with Crippen molar-refractivity contribution in [3.8, 4) is 0 Å². The summed E-state index contributed by atoms with van der Waals surface area (Å²) in [5.74, 6) is 0. The molecule has 2 unspecified atom stereocenters. The number of nitrogens with zero attached hydrogens (tertiary/aromatic N) is 2. The first-order valence-corrected chi connectivity index (χ1v) is 8.38. The number of anilines is 1. The summed E-state index contributed by atoms with van der Waals surface area (Å²) >= 11 is 0. The molecule has 1 aromatic carbocycles. The molecule has 110 valence electrons. The highest BCUT2D eigenvalue weighted by Crippen LogP contribution is 2.34. The van der Waals surface area contributed by atoms with Gasteiger partial charge in [-0.1, -0.05) is 0 Å². The van der Waals surface area contributed by atoms with Crippen molar-refractivity contribution < 1.29 is 13.3 Å². The van der Waals surface area contributed by atoms with Gasteiger partial charge in [-0.25, -0.2) is 8.42 Å². The Morgan fingerprint density at radius 3 is 2.25 bits per heavy atom. The van der Waals surface area contributed by atoms with Crippen LogP contribution >= 0.6 is 0 Å². The smallest absolute Gasteiger partial charge is 0.288 e. The topological polar surface area (TPSA) is 80.5 Å². The standard InChI is InChI=1S/C13H18N2O4S/c1-9-4-5-10(2)14(9)11-6-7-12(15(16)17)13(8-11)20(3,18)19/h6-10H,4-5H2,1-3H3. The fourth-order valence-corrected chi connectivity index (χ4v) is 3.67. The second-order valence-electron chi connectivity index (χ2n) is 5.36. The zero-order valence-electron chi connectivity index (χ0n) is 11.7. The molecule has 7 heteroatoms. The Morgan fingerprint density at radius 2 is 1.80 bits per heavy atom. The first kappa shape index (κ1) is 14.8. The Morgan fingerprint density at radius 1 is 1.25 bits per heavy atom. The third-order valence-corrected chi connectivity index (χ3v) is 4.92. The summed E-state index contributed by atoms with van der Waals surface area (Å²) in [6, 6.07) is 4.94. The lowest BCUT2D eigenvalue weighted by Crippen LogP contribution is -2.32. The molecule has 0 N–H and O–H groups in total. The van der Waals surface area contributed by atoms with Crippen LogP contribution < -0.4 is 4.90 Å². The minimum atomic E-state index is -3.63. The van der Waals surface area contributed by atoms with Crippen molar-refractivity contribution >= 4 is 21.2 Å². The van der Waals surface area contributed by atoms with Crippen molar-refractivity contribution in [3.05, 3.63) is 28.3 Å². The zero-order valence-corrected chi connectivity index (χ0v) is 12.6. The van der Waals surface area contributed by atoms with E-state index in [1.165, 1.54) is 12.1 Å². The number of hydrogen-bond donors (Lipinski definition) is 0. The van der Waals surface area contributed by atoms with Crippen molar-refractivity contribution in [2.24, 2.45) is 0 Å². The van der Waals surface area contributed by atoms with Gasteiger partial charge in [-0.05, 0) is 38.8 Å². The molecule has 0 amide bonds. The second kappa shape index (κ2) is 5.05. The van der Waals surface area contributed by atoms with Crippen LogP contribution in [-0.2, 0) is 9.84 Å². The maximum atomic E-state index is 11.8. The van der Waals surface area contributed by atoms with E-state index >= 15 is 0 Å². The van der Waals surface area contributed by atoms with Crippen molar-refractivity contribution in [2.45, 2.75) is 43.7 Å². The third-order valence-electron chi connectivity index (χ3n) is 3.79. The monoisotopic (exact) mass is 298 g/mol. The summed E-state index contributed by atoms with van der Waals surface area (Å²) in [5.41, 5.74) is 0.365. The lowest BCUT2D eigenvalue weighted by atomic mass is 10.2. The van der Waals surface area contributed by atoms with Crippen molar-refractivity contribution in [3.63, 3.8) is 0 Å². The lowest BCUT2D eigenvalue weighted by molar-refractivity contribution is -0.387. The molecule has 2 atom stereocenters. The second-order valence-corrected chi connectivity index (χ2v) is 7.35. The fourth-order valence-electron chi connectivity index (χ4n) is 2.82. The number of nitro groups is 1. The highest BCUT2D eigenvalue weighted by atomic mass is 32.2. The summed E-state index contributed by atoms with van der Waals surface area (Å²) in [4.78, 5) is 12.2. The first-order valence-electron chi connectivity index (χ1n) is 6.48. The van der Waals surface area contributed by atoms with Gasteiger partial charge in [0.2, 0.25) is 0 Å². The van der Waals surface area contributed by atoms with E-state index in [2.05, 4.69) is 18.7 Å². The normalized spacial score (nSPS) is 23.1. The van der Waals surface area contributed by atoms with Gasteiger partial charge in [0.15, 0.2) is 9.84 Å². The molecule has 0 spiro atoms. The molecule has 1 heterocycles. The summed E-state index contributed by atoms with van der Waals surface area (Å²) < 4.78 is 23.5. The van der Waals surface area contributed by atoms with Crippen LogP contribution in [0.3, 0.4) is 0 Å². The molecule has 20 heavy (non-hydrogen) atoms. The number of sulfone groups is 1. The van der Waals surface area contributed by atoms with Crippen LogP contribution in [0.25, 0.3) is 0 Å². The maximum absolute atomic E-state index is 11.8. The lowest BCUT2D eigenvalue weighted by Gasteiger charge is -2.28. The zero-order chi connectivity index (χ0) is 15.1. The predicted octanol–water partition coefficient (Wildman–Crippen LogP) is 2.38. The molecule has 0 aliphatic carbocycles. The van der Waals surface area contributed by atoms with Gasteiger partial charge >= 0.3 is 0 Å². The van der Waals surface area contributed by atoms with Crippen molar-refractivity contribution in [2.75, 3.05) is 11.2 Å². The average molecular weight is 298 g/mol. The molecule has 1 saturated heterocycles. The molecule has 0 bridgehead atoms. The van der Waals surface area contributed by atoms with Crippen molar-refractivity contribution in [1.82, 2.24) is 0 Å².